The van der Waals surface area contributed by atoms with E-state index in [0.717, 1.165) is 24.8 Å². The van der Waals surface area contributed by atoms with Gasteiger partial charge in [0.15, 0.2) is 0 Å². The Kier molecular flexibility index (Phi) is 2.90. The van der Waals surface area contributed by atoms with Crippen LogP contribution in [-0.2, 0) is 0 Å². The maximum atomic E-state index is 4.45. The summed E-state index contributed by atoms with van der Waals surface area (Å²) >= 11 is 0. The van der Waals surface area contributed by atoms with Crippen LogP contribution < -0.4 is 5.32 Å². The molecule has 3 rings (SSSR count). The lowest BCUT2D eigenvalue weighted by Crippen LogP contribution is -2.45. The highest BCUT2D eigenvalue weighted by molar-refractivity contribution is 5.07. The lowest BCUT2D eigenvalue weighted by atomic mass is 9.88. The van der Waals surface area contributed by atoms with Gasteiger partial charge < -0.3 is 9.88 Å². The summed E-state index contributed by atoms with van der Waals surface area (Å²) in [7, 11) is 0. The molecule has 0 spiro atoms. The third-order valence-electron chi connectivity index (χ3n) is 4.51. The molecule has 0 amide bonds. The summed E-state index contributed by atoms with van der Waals surface area (Å²) in [6, 6.07) is 0.662. The van der Waals surface area contributed by atoms with Crippen LogP contribution in [0.15, 0.2) is 0 Å². The molecule has 94 valence electrons. The summed E-state index contributed by atoms with van der Waals surface area (Å²) in [5.74, 6) is 3.61. The maximum Gasteiger partial charge on any atom is 0.136 e. The third-order valence-corrected chi connectivity index (χ3v) is 4.51. The average molecular weight is 234 g/mol. The molecular weight excluding hydrogens is 212 g/mol. The first-order valence-electron chi connectivity index (χ1n) is 6.89. The summed E-state index contributed by atoms with van der Waals surface area (Å²) in [5, 5.41) is 12.1. The highest BCUT2D eigenvalue weighted by atomic mass is 15.3. The molecule has 2 fully saturated rings. The second-order valence-corrected chi connectivity index (χ2v) is 5.62. The summed E-state index contributed by atoms with van der Waals surface area (Å²) in [5.41, 5.74) is 0. The zero-order chi connectivity index (χ0) is 11.8. The monoisotopic (exact) mass is 234 g/mol. The van der Waals surface area contributed by atoms with Crippen LogP contribution in [0.1, 0.15) is 56.2 Å². The SMILES string of the molecule is Cc1nnc(C(C)C2CNC2)n1C1CCCC1. The third kappa shape index (κ3) is 1.88. The number of hydrogen-bond acceptors (Lipinski definition) is 3. The van der Waals surface area contributed by atoms with Gasteiger partial charge in [0.1, 0.15) is 11.6 Å². The predicted octanol–water partition coefficient (Wildman–Crippen LogP) is 2.02. The van der Waals surface area contributed by atoms with E-state index < -0.39 is 0 Å². The zero-order valence-corrected chi connectivity index (χ0v) is 10.8. The van der Waals surface area contributed by atoms with E-state index in [-0.39, 0.29) is 0 Å². The molecule has 2 aliphatic rings. The molecule has 17 heavy (non-hydrogen) atoms. The van der Waals surface area contributed by atoms with Crippen LogP contribution in [0, 0.1) is 12.8 Å². The van der Waals surface area contributed by atoms with Gasteiger partial charge in [-0.15, -0.1) is 10.2 Å². The molecule has 1 aromatic rings. The molecule has 0 radical (unpaired) electrons. The van der Waals surface area contributed by atoms with Crippen molar-refractivity contribution in [2.75, 3.05) is 13.1 Å². The van der Waals surface area contributed by atoms with Crippen LogP contribution in [0.2, 0.25) is 0 Å². The van der Waals surface area contributed by atoms with Crippen molar-refractivity contribution in [1.29, 1.82) is 0 Å². The minimum atomic E-state index is 0.540. The molecule has 4 nitrogen and oxygen atoms in total. The first-order chi connectivity index (χ1) is 8.27. The number of rotatable bonds is 3. The van der Waals surface area contributed by atoms with Gasteiger partial charge in [-0.1, -0.05) is 19.8 Å². The van der Waals surface area contributed by atoms with Crippen molar-refractivity contribution in [3.05, 3.63) is 11.6 Å². The summed E-state index contributed by atoms with van der Waals surface area (Å²) < 4.78 is 2.43. The Balaban J connectivity index is 1.87. The van der Waals surface area contributed by atoms with Crippen molar-refractivity contribution in [2.24, 2.45) is 5.92 Å². The number of aryl methyl sites for hydroxylation is 1. The molecule has 1 saturated heterocycles. The molecule has 1 N–H and O–H groups in total. The molecule has 1 atom stereocenters. The minimum absolute atomic E-state index is 0.540. The van der Waals surface area contributed by atoms with Crippen molar-refractivity contribution in [1.82, 2.24) is 20.1 Å². The Labute approximate surface area is 103 Å². The summed E-state index contributed by atoms with van der Waals surface area (Å²) in [4.78, 5) is 0. The van der Waals surface area contributed by atoms with E-state index in [9.17, 15) is 0 Å². The first kappa shape index (κ1) is 11.2. The number of aromatic nitrogens is 3. The summed E-state index contributed by atoms with van der Waals surface area (Å²) in [6.45, 7) is 6.68. The Morgan fingerprint density at radius 1 is 1.24 bits per heavy atom. The van der Waals surface area contributed by atoms with Crippen LogP contribution in [0.5, 0.6) is 0 Å². The number of nitrogens with one attached hydrogen (secondary N) is 1. The zero-order valence-electron chi connectivity index (χ0n) is 10.8. The fourth-order valence-electron chi connectivity index (χ4n) is 3.19. The number of nitrogens with zero attached hydrogens (tertiary/aromatic N) is 3. The Bertz CT molecular complexity index is 388. The van der Waals surface area contributed by atoms with E-state index in [1.807, 2.05) is 0 Å². The van der Waals surface area contributed by atoms with Crippen molar-refractivity contribution >= 4 is 0 Å². The Hall–Kier alpha value is -0.900. The molecule has 1 unspecified atom stereocenters. The van der Waals surface area contributed by atoms with Gasteiger partial charge in [-0.3, -0.25) is 0 Å². The van der Waals surface area contributed by atoms with Gasteiger partial charge in [0.2, 0.25) is 0 Å². The molecule has 1 saturated carbocycles. The van der Waals surface area contributed by atoms with Gasteiger partial charge in [-0.25, -0.2) is 0 Å². The smallest absolute Gasteiger partial charge is 0.136 e. The van der Waals surface area contributed by atoms with E-state index in [2.05, 4.69) is 33.9 Å². The normalized spacial score (nSPS) is 23.9. The van der Waals surface area contributed by atoms with Gasteiger partial charge in [-0.05, 0) is 38.8 Å². The lowest BCUT2D eigenvalue weighted by Gasteiger charge is -2.33. The number of hydrogen-bond donors (Lipinski definition) is 1. The molecule has 4 heteroatoms. The lowest BCUT2D eigenvalue weighted by molar-refractivity contribution is 0.286. The van der Waals surface area contributed by atoms with E-state index in [1.165, 1.54) is 31.5 Å². The highest BCUT2D eigenvalue weighted by Crippen LogP contribution is 2.34. The Morgan fingerprint density at radius 2 is 1.94 bits per heavy atom. The molecule has 0 aromatic carbocycles. The first-order valence-corrected chi connectivity index (χ1v) is 6.89. The molecule has 1 aliphatic carbocycles. The quantitative estimate of drug-likeness (QED) is 0.870. The van der Waals surface area contributed by atoms with Gasteiger partial charge in [-0.2, -0.15) is 0 Å². The topological polar surface area (TPSA) is 42.7 Å². The molecule has 0 bridgehead atoms. The minimum Gasteiger partial charge on any atom is -0.316 e. The van der Waals surface area contributed by atoms with Crippen molar-refractivity contribution in [3.63, 3.8) is 0 Å². The van der Waals surface area contributed by atoms with Crippen LogP contribution >= 0.6 is 0 Å². The van der Waals surface area contributed by atoms with Gasteiger partial charge in [0.05, 0.1) is 0 Å². The predicted molar refractivity (Wildman–Crippen MR) is 67.0 cm³/mol. The van der Waals surface area contributed by atoms with E-state index in [0.29, 0.717) is 12.0 Å². The standard InChI is InChI=1S/C13H22N4/c1-9(11-7-14-8-11)13-16-15-10(2)17(13)12-5-3-4-6-12/h9,11-12,14H,3-8H2,1-2H3. The highest BCUT2D eigenvalue weighted by Gasteiger charge is 2.31. The van der Waals surface area contributed by atoms with E-state index in [1.54, 1.807) is 0 Å². The van der Waals surface area contributed by atoms with E-state index in [4.69, 9.17) is 0 Å². The molecule has 2 heterocycles. The fourth-order valence-corrected chi connectivity index (χ4v) is 3.19. The van der Waals surface area contributed by atoms with Crippen LogP contribution in [0.3, 0.4) is 0 Å². The molecule has 1 aliphatic heterocycles. The van der Waals surface area contributed by atoms with Gasteiger partial charge in [0.25, 0.3) is 0 Å². The van der Waals surface area contributed by atoms with Crippen LogP contribution in [-0.4, -0.2) is 27.9 Å². The van der Waals surface area contributed by atoms with Crippen LogP contribution in [0.25, 0.3) is 0 Å². The van der Waals surface area contributed by atoms with Crippen molar-refractivity contribution in [2.45, 2.75) is 51.5 Å². The van der Waals surface area contributed by atoms with Crippen LogP contribution in [0.4, 0.5) is 0 Å². The fraction of sp³-hybridized carbons (Fsp3) is 0.846. The maximum absolute atomic E-state index is 4.45. The van der Waals surface area contributed by atoms with Crippen molar-refractivity contribution in [3.8, 4) is 0 Å². The molecular formula is C13H22N4. The van der Waals surface area contributed by atoms with E-state index >= 15 is 0 Å². The Morgan fingerprint density at radius 3 is 2.53 bits per heavy atom. The second-order valence-electron chi connectivity index (χ2n) is 5.62. The van der Waals surface area contributed by atoms with Crippen molar-refractivity contribution < 1.29 is 0 Å². The van der Waals surface area contributed by atoms with Gasteiger partial charge in [0, 0.05) is 12.0 Å². The largest absolute Gasteiger partial charge is 0.316 e. The molecule has 1 aromatic heterocycles. The van der Waals surface area contributed by atoms with Gasteiger partial charge >= 0.3 is 0 Å². The summed E-state index contributed by atoms with van der Waals surface area (Å²) in [6.07, 6.45) is 5.34. The second kappa shape index (κ2) is 4.41. The average Bonchev–Trinajstić information content (AvgIpc) is 2.82.